The van der Waals surface area contributed by atoms with Gasteiger partial charge in [-0.2, -0.15) is 4.37 Å². The molecule has 1 atom stereocenters. The standard InChI is InChI=1S/C27H28N6O4S/c1-27(2,3)31-25(35)22(16-7-12-19-15(14-16)6-5-13-30-19)33(17-8-10-18(37-4)11-9-17)26(36)23-20(28)21(24(29)34)32-38-23/h5-14,22H,28H2,1-4H3,(H2,29,34)(H,31,35)/t22-/m1/s1. The molecule has 0 unspecified atom stereocenters. The van der Waals surface area contributed by atoms with Gasteiger partial charge in [-0.25, -0.2) is 0 Å². The summed E-state index contributed by atoms with van der Waals surface area (Å²) in [5, 5.41) is 3.79. The normalized spacial score (nSPS) is 12.1. The number of carbonyl (C=O) groups excluding carboxylic acids is 3. The maximum absolute atomic E-state index is 14.1. The van der Waals surface area contributed by atoms with E-state index in [4.69, 9.17) is 16.2 Å². The molecule has 2 aromatic heterocycles. The number of nitrogen functional groups attached to an aromatic ring is 1. The van der Waals surface area contributed by atoms with Crippen molar-refractivity contribution in [2.75, 3.05) is 17.7 Å². The van der Waals surface area contributed by atoms with Crippen molar-refractivity contribution in [3.05, 3.63) is 76.9 Å². The third-order valence-electron chi connectivity index (χ3n) is 5.67. The van der Waals surface area contributed by atoms with E-state index in [1.165, 1.54) is 12.0 Å². The minimum atomic E-state index is -1.11. The van der Waals surface area contributed by atoms with Gasteiger partial charge in [0.2, 0.25) is 5.91 Å². The number of amides is 3. The highest BCUT2D eigenvalue weighted by atomic mass is 32.1. The number of hydrogen-bond donors (Lipinski definition) is 3. The van der Waals surface area contributed by atoms with E-state index in [-0.39, 0.29) is 16.3 Å². The van der Waals surface area contributed by atoms with Crippen molar-refractivity contribution in [2.24, 2.45) is 5.73 Å². The summed E-state index contributed by atoms with van der Waals surface area (Å²) in [6.45, 7) is 5.56. The molecule has 0 spiro atoms. The van der Waals surface area contributed by atoms with E-state index in [0.717, 1.165) is 22.4 Å². The van der Waals surface area contributed by atoms with Crippen LogP contribution >= 0.6 is 11.5 Å². The largest absolute Gasteiger partial charge is 0.497 e. The molecule has 0 saturated heterocycles. The SMILES string of the molecule is COc1ccc(N(C(=O)c2snc(C(N)=O)c2N)[C@@H](C(=O)NC(C)(C)C)c2ccc3ncccc3c2)cc1. The number of benzene rings is 2. The molecule has 196 valence electrons. The van der Waals surface area contributed by atoms with Crippen LogP contribution in [0.4, 0.5) is 11.4 Å². The minimum Gasteiger partial charge on any atom is -0.497 e. The third-order valence-corrected chi connectivity index (χ3v) is 6.52. The Labute approximate surface area is 223 Å². The van der Waals surface area contributed by atoms with Crippen molar-refractivity contribution >= 4 is 51.5 Å². The Kier molecular flexibility index (Phi) is 7.31. The summed E-state index contributed by atoms with van der Waals surface area (Å²) in [5.74, 6) is -1.30. The molecule has 0 saturated carbocycles. The molecule has 4 aromatic rings. The van der Waals surface area contributed by atoms with Gasteiger partial charge in [-0.05, 0) is 80.3 Å². The summed E-state index contributed by atoms with van der Waals surface area (Å²) in [6, 6.07) is 14.7. The van der Waals surface area contributed by atoms with Gasteiger partial charge in [-0.1, -0.05) is 12.1 Å². The van der Waals surface area contributed by atoms with Crippen LogP contribution in [0.1, 0.15) is 52.5 Å². The number of rotatable bonds is 7. The van der Waals surface area contributed by atoms with Crippen LogP contribution in [0, 0.1) is 0 Å². The van der Waals surface area contributed by atoms with Gasteiger partial charge in [0.15, 0.2) is 5.69 Å². The third kappa shape index (κ3) is 5.42. The quantitative estimate of drug-likeness (QED) is 0.328. The number of anilines is 2. The lowest BCUT2D eigenvalue weighted by Gasteiger charge is -2.33. The first kappa shape index (κ1) is 26.6. The van der Waals surface area contributed by atoms with Crippen LogP contribution in [0.2, 0.25) is 0 Å². The van der Waals surface area contributed by atoms with Gasteiger partial charge in [0, 0.05) is 22.8 Å². The average Bonchev–Trinajstić information content (AvgIpc) is 3.27. The summed E-state index contributed by atoms with van der Waals surface area (Å²) in [6.07, 6.45) is 1.68. The van der Waals surface area contributed by atoms with E-state index in [9.17, 15) is 14.4 Å². The van der Waals surface area contributed by atoms with Crippen LogP contribution in [-0.4, -0.2) is 39.7 Å². The Morgan fingerprint density at radius 1 is 1.08 bits per heavy atom. The van der Waals surface area contributed by atoms with Crippen molar-refractivity contribution in [3.8, 4) is 5.75 Å². The lowest BCUT2D eigenvalue weighted by atomic mass is 9.98. The summed E-state index contributed by atoms with van der Waals surface area (Å²) >= 11 is 0.750. The Balaban J connectivity index is 1.94. The second-order valence-corrected chi connectivity index (χ2v) is 10.4. The van der Waals surface area contributed by atoms with Gasteiger partial charge in [0.25, 0.3) is 11.8 Å². The number of hydrogen-bond acceptors (Lipinski definition) is 8. The second-order valence-electron chi connectivity index (χ2n) is 9.61. The zero-order valence-corrected chi connectivity index (χ0v) is 22.2. The maximum atomic E-state index is 14.1. The molecule has 3 amide bonds. The Bertz CT molecular complexity index is 1510. The fraction of sp³-hybridized carbons (Fsp3) is 0.222. The predicted octanol–water partition coefficient (Wildman–Crippen LogP) is 3.68. The topological polar surface area (TPSA) is 154 Å². The van der Waals surface area contributed by atoms with Crippen LogP contribution < -0.4 is 26.4 Å². The first-order valence-corrected chi connectivity index (χ1v) is 12.5. The fourth-order valence-electron chi connectivity index (χ4n) is 3.98. The van der Waals surface area contributed by atoms with Gasteiger partial charge in [-0.3, -0.25) is 24.3 Å². The number of fused-ring (bicyclic) bond motifs is 1. The zero-order valence-electron chi connectivity index (χ0n) is 21.4. The van der Waals surface area contributed by atoms with E-state index in [1.807, 2.05) is 32.9 Å². The van der Waals surface area contributed by atoms with Crippen molar-refractivity contribution in [2.45, 2.75) is 32.4 Å². The molecule has 0 aliphatic rings. The number of aromatic nitrogens is 2. The van der Waals surface area contributed by atoms with E-state index in [2.05, 4.69) is 14.7 Å². The molecule has 0 radical (unpaired) electrons. The Morgan fingerprint density at radius 2 is 1.79 bits per heavy atom. The van der Waals surface area contributed by atoms with Crippen molar-refractivity contribution in [1.82, 2.24) is 14.7 Å². The van der Waals surface area contributed by atoms with Crippen LogP contribution in [0.3, 0.4) is 0 Å². The van der Waals surface area contributed by atoms with Crippen LogP contribution in [0.5, 0.6) is 5.75 Å². The molecule has 5 N–H and O–H groups in total. The van der Waals surface area contributed by atoms with Gasteiger partial charge in [0.1, 0.15) is 16.7 Å². The number of nitrogens with zero attached hydrogens (tertiary/aromatic N) is 3. The van der Waals surface area contributed by atoms with Gasteiger partial charge >= 0.3 is 0 Å². The molecule has 0 aliphatic carbocycles. The lowest BCUT2D eigenvalue weighted by Crippen LogP contribution is -2.49. The molecule has 2 aromatic carbocycles. The van der Waals surface area contributed by atoms with Crippen molar-refractivity contribution in [3.63, 3.8) is 0 Å². The minimum absolute atomic E-state index is 0.00867. The molecule has 0 fully saturated rings. The highest BCUT2D eigenvalue weighted by Gasteiger charge is 2.37. The molecular formula is C27H28N6O4S. The highest BCUT2D eigenvalue weighted by molar-refractivity contribution is 7.09. The van der Waals surface area contributed by atoms with Gasteiger partial charge < -0.3 is 21.5 Å². The smallest absolute Gasteiger partial charge is 0.273 e. The van der Waals surface area contributed by atoms with Gasteiger partial charge in [-0.15, -0.1) is 0 Å². The van der Waals surface area contributed by atoms with E-state index < -0.39 is 29.3 Å². The monoisotopic (exact) mass is 532 g/mol. The van der Waals surface area contributed by atoms with Crippen molar-refractivity contribution in [1.29, 1.82) is 0 Å². The molecule has 11 heteroatoms. The Morgan fingerprint density at radius 3 is 2.39 bits per heavy atom. The summed E-state index contributed by atoms with van der Waals surface area (Å²) in [4.78, 5) is 45.5. The fourth-order valence-corrected chi connectivity index (χ4v) is 4.73. The van der Waals surface area contributed by atoms with Gasteiger partial charge in [0.05, 0.1) is 18.3 Å². The van der Waals surface area contributed by atoms with E-state index >= 15 is 0 Å². The molecular weight excluding hydrogens is 504 g/mol. The molecule has 4 rings (SSSR count). The molecule has 2 heterocycles. The number of nitrogens with two attached hydrogens (primary N) is 2. The number of pyridine rings is 1. The average molecular weight is 533 g/mol. The number of ether oxygens (including phenoxy) is 1. The Hall–Kier alpha value is -4.51. The summed E-state index contributed by atoms with van der Waals surface area (Å²) < 4.78 is 9.26. The zero-order chi connectivity index (χ0) is 27.6. The van der Waals surface area contributed by atoms with Crippen molar-refractivity contribution < 1.29 is 19.1 Å². The lowest BCUT2D eigenvalue weighted by molar-refractivity contribution is -0.123. The molecule has 38 heavy (non-hydrogen) atoms. The number of methoxy groups -OCH3 is 1. The first-order valence-electron chi connectivity index (χ1n) is 11.7. The predicted molar refractivity (Wildman–Crippen MR) is 147 cm³/mol. The second kappa shape index (κ2) is 10.5. The first-order chi connectivity index (χ1) is 18.0. The van der Waals surface area contributed by atoms with Crippen LogP contribution in [0.15, 0.2) is 60.8 Å². The van der Waals surface area contributed by atoms with E-state index in [0.29, 0.717) is 17.0 Å². The summed E-state index contributed by atoms with van der Waals surface area (Å²) in [7, 11) is 1.53. The van der Waals surface area contributed by atoms with Crippen LogP contribution in [0.25, 0.3) is 10.9 Å². The van der Waals surface area contributed by atoms with Crippen LogP contribution in [-0.2, 0) is 4.79 Å². The summed E-state index contributed by atoms with van der Waals surface area (Å²) in [5.41, 5.74) is 12.3. The van der Waals surface area contributed by atoms with E-state index in [1.54, 1.807) is 48.7 Å². The maximum Gasteiger partial charge on any atom is 0.273 e. The molecule has 10 nitrogen and oxygen atoms in total. The molecule has 0 aliphatic heterocycles. The number of carbonyl (C=O) groups is 3. The number of nitrogens with one attached hydrogen (secondary N) is 1. The molecule has 0 bridgehead atoms. The number of primary amides is 1. The highest BCUT2D eigenvalue weighted by Crippen LogP contribution is 2.35.